The first-order valence-electron chi connectivity index (χ1n) is 3.41. The van der Waals surface area contributed by atoms with E-state index >= 15 is 0 Å². The highest BCUT2D eigenvalue weighted by atomic mass is 16.5. The number of hydrogen-bond donors (Lipinski definition) is 0. The standard InChI is InChI=1S/C8H12O2/c1-3-8(10-4-2)6-5-7-9/h7-8H,3-4H2,1-2H3. The number of carbonyl (C=O) groups excluding carboxylic acids is 1. The van der Waals surface area contributed by atoms with Crippen molar-refractivity contribution in [2.75, 3.05) is 6.61 Å². The molecule has 0 aliphatic carbocycles. The summed E-state index contributed by atoms with van der Waals surface area (Å²) in [6.45, 7) is 4.52. The molecular formula is C8H12O2. The molecule has 0 radical (unpaired) electrons. The molecule has 0 aliphatic rings. The van der Waals surface area contributed by atoms with Gasteiger partial charge in [-0.15, -0.1) is 0 Å². The number of rotatable bonds is 3. The Bertz CT molecular complexity index is 141. The summed E-state index contributed by atoms with van der Waals surface area (Å²) in [7, 11) is 0. The van der Waals surface area contributed by atoms with E-state index in [1.807, 2.05) is 13.8 Å². The third kappa shape index (κ3) is 4.11. The van der Waals surface area contributed by atoms with Crippen molar-refractivity contribution >= 4 is 6.29 Å². The lowest BCUT2D eigenvalue weighted by Gasteiger charge is -2.05. The molecule has 56 valence electrons. The third-order valence-electron chi connectivity index (χ3n) is 1.04. The monoisotopic (exact) mass is 140 g/mol. The predicted molar refractivity (Wildman–Crippen MR) is 39.5 cm³/mol. The van der Waals surface area contributed by atoms with Gasteiger partial charge < -0.3 is 4.74 Å². The van der Waals surface area contributed by atoms with Crippen LogP contribution in [0.5, 0.6) is 0 Å². The van der Waals surface area contributed by atoms with Gasteiger partial charge in [0, 0.05) is 6.61 Å². The Morgan fingerprint density at radius 2 is 2.30 bits per heavy atom. The van der Waals surface area contributed by atoms with Gasteiger partial charge in [0.15, 0.2) is 6.29 Å². The van der Waals surface area contributed by atoms with Crippen molar-refractivity contribution in [3.63, 3.8) is 0 Å². The zero-order valence-corrected chi connectivity index (χ0v) is 6.39. The van der Waals surface area contributed by atoms with Crippen LogP contribution in [0.4, 0.5) is 0 Å². The van der Waals surface area contributed by atoms with Crippen LogP contribution in [-0.2, 0) is 9.53 Å². The topological polar surface area (TPSA) is 26.3 Å². The Morgan fingerprint density at radius 3 is 2.70 bits per heavy atom. The molecule has 1 atom stereocenters. The summed E-state index contributed by atoms with van der Waals surface area (Å²) < 4.78 is 5.16. The minimum absolute atomic E-state index is 0.0739. The maximum Gasteiger partial charge on any atom is 0.192 e. The largest absolute Gasteiger partial charge is 0.366 e. The van der Waals surface area contributed by atoms with Gasteiger partial charge in [-0.05, 0) is 19.3 Å². The average Bonchev–Trinajstić information content (AvgIpc) is 1.98. The van der Waals surface area contributed by atoms with Crippen molar-refractivity contribution in [1.29, 1.82) is 0 Å². The molecule has 0 N–H and O–H groups in total. The van der Waals surface area contributed by atoms with Crippen molar-refractivity contribution in [3.05, 3.63) is 0 Å². The molecule has 0 fully saturated rings. The van der Waals surface area contributed by atoms with Gasteiger partial charge in [-0.3, -0.25) is 4.79 Å². The highest BCUT2D eigenvalue weighted by Gasteiger charge is 1.97. The van der Waals surface area contributed by atoms with Crippen LogP contribution in [0.2, 0.25) is 0 Å². The maximum atomic E-state index is 9.80. The first-order chi connectivity index (χ1) is 4.85. The first kappa shape index (κ1) is 9.19. The van der Waals surface area contributed by atoms with Crippen molar-refractivity contribution in [2.24, 2.45) is 0 Å². The van der Waals surface area contributed by atoms with Crippen LogP contribution in [0.25, 0.3) is 0 Å². The van der Waals surface area contributed by atoms with Crippen LogP contribution in [-0.4, -0.2) is 19.0 Å². The summed E-state index contributed by atoms with van der Waals surface area (Å²) in [5, 5.41) is 0. The van der Waals surface area contributed by atoms with Crippen LogP contribution in [0, 0.1) is 11.8 Å². The van der Waals surface area contributed by atoms with E-state index in [4.69, 9.17) is 4.74 Å². The molecular weight excluding hydrogens is 128 g/mol. The average molecular weight is 140 g/mol. The molecule has 0 aromatic heterocycles. The van der Waals surface area contributed by atoms with Crippen molar-refractivity contribution in [3.8, 4) is 11.8 Å². The van der Waals surface area contributed by atoms with E-state index in [1.165, 1.54) is 0 Å². The van der Waals surface area contributed by atoms with Gasteiger partial charge in [-0.25, -0.2) is 0 Å². The Kier molecular flexibility index (Phi) is 5.80. The van der Waals surface area contributed by atoms with Gasteiger partial charge in [0.1, 0.15) is 6.10 Å². The van der Waals surface area contributed by atoms with E-state index in [-0.39, 0.29) is 6.10 Å². The lowest BCUT2D eigenvalue weighted by atomic mass is 10.3. The van der Waals surface area contributed by atoms with Crippen LogP contribution in [0.3, 0.4) is 0 Å². The second-order valence-electron chi connectivity index (χ2n) is 1.76. The first-order valence-corrected chi connectivity index (χ1v) is 3.41. The maximum absolute atomic E-state index is 9.80. The summed E-state index contributed by atoms with van der Waals surface area (Å²) in [6.07, 6.45) is 1.34. The van der Waals surface area contributed by atoms with E-state index in [0.29, 0.717) is 12.9 Å². The zero-order valence-electron chi connectivity index (χ0n) is 6.39. The summed E-state index contributed by atoms with van der Waals surface area (Å²) in [4.78, 5) is 9.80. The van der Waals surface area contributed by atoms with E-state index in [1.54, 1.807) is 0 Å². The highest BCUT2D eigenvalue weighted by Crippen LogP contribution is 1.94. The van der Waals surface area contributed by atoms with E-state index in [9.17, 15) is 4.79 Å². The summed E-state index contributed by atoms with van der Waals surface area (Å²) in [6, 6.07) is 0. The molecule has 2 nitrogen and oxygen atoms in total. The molecule has 0 rings (SSSR count). The van der Waals surface area contributed by atoms with E-state index in [2.05, 4.69) is 11.8 Å². The molecule has 0 spiro atoms. The fourth-order valence-corrected chi connectivity index (χ4v) is 0.590. The highest BCUT2D eigenvalue weighted by molar-refractivity contribution is 5.72. The number of ether oxygens (including phenoxy) is 1. The van der Waals surface area contributed by atoms with Gasteiger partial charge in [0.05, 0.1) is 0 Å². The summed E-state index contributed by atoms with van der Waals surface area (Å²) >= 11 is 0. The van der Waals surface area contributed by atoms with Gasteiger partial charge in [-0.2, -0.15) is 0 Å². The smallest absolute Gasteiger partial charge is 0.192 e. The quantitative estimate of drug-likeness (QED) is 0.432. The van der Waals surface area contributed by atoms with Crippen LogP contribution in [0.1, 0.15) is 20.3 Å². The van der Waals surface area contributed by atoms with Gasteiger partial charge in [0.25, 0.3) is 0 Å². The number of aldehydes is 1. The van der Waals surface area contributed by atoms with Crippen molar-refractivity contribution < 1.29 is 9.53 Å². The molecule has 0 saturated heterocycles. The third-order valence-corrected chi connectivity index (χ3v) is 1.04. The second-order valence-corrected chi connectivity index (χ2v) is 1.76. The number of hydrogen-bond acceptors (Lipinski definition) is 2. The molecule has 0 aromatic rings. The van der Waals surface area contributed by atoms with E-state index < -0.39 is 0 Å². The van der Waals surface area contributed by atoms with Crippen LogP contribution < -0.4 is 0 Å². The zero-order chi connectivity index (χ0) is 7.82. The predicted octanol–water partition coefficient (Wildman–Crippen LogP) is 1.00. The van der Waals surface area contributed by atoms with Crippen molar-refractivity contribution in [1.82, 2.24) is 0 Å². The van der Waals surface area contributed by atoms with Gasteiger partial charge in [-0.1, -0.05) is 12.8 Å². The SMILES string of the molecule is CCOC(C#CC=O)CC. The Labute approximate surface area is 61.6 Å². The van der Waals surface area contributed by atoms with Crippen LogP contribution in [0.15, 0.2) is 0 Å². The normalized spacial score (nSPS) is 11.4. The summed E-state index contributed by atoms with van der Waals surface area (Å²) in [5.74, 6) is 5.01. The minimum Gasteiger partial charge on any atom is -0.366 e. The van der Waals surface area contributed by atoms with Crippen LogP contribution >= 0.6 is 0 Å². The number of carbonyl (C=O) groups is 1. The molecule has 0 aliphatic heterocycles. The summed E-state index contributed by atoms with van der Waals surface area (Å²) in [5.41, 5.74) is 0. The molecule has 0 aromatic carbocycles. The Balaban J connectivity index is 3.69. The molecule has 0 saturated carbocycles. The van der Waals surface area contributed by atoms with E-state index in [0.717, 1.165) is 6.42 Å². The molecule has 0 bridgehead atoms. The molecule has 0 amide bonds. The molecule has 0 heterocycles. The van der Waals surface area contributed by atoms with Gasteiger partial charge >= 0.3 is 0 Å². The van der Waals surface area contributed by atoms with Crippen molar-refractivity contribution in [2.45, 2.75) is 26.4 Å². The molecule has 2 heteroatoms. The Morgan fingerprint density at radius 1 is 1.60 bits per heavy atom. The Hall–Kier alpha value is -0.810. The van der Waals surface area contributed by atoms with Gasteiger partial charge in [0.2, 0.25) is 0 Å². The minimum atomic E-state index is -0.0739. The molecule has 10 heavy (non-hydrogen) atoms. The lowest BCUT2D eigenvalue weighted by Crippen LogP contribution is -2.08. The fraction of sp³-hybridized carbons (Fsp3) is 0.625. The fourth-order valence-electron chi connectivity index (χ4n) is 0.590. The molecule has 1 unspecified atom stereocenters. The second kappa shape index (κ2) is 6.31. The lowest BCUT2D eigenvalue weighted by molar-refractivity contribution is -0.103.